The van der Waals surface area contributed by atoms with Crippen molar-refractivity contribution in [2.45, 2.75) is 62.5 Å². The van der Waals surface area contributed by atoms with Gasteiger partial charge >= 0.3 is 12.4 Å². The SMILES string of the molecule is O=C(NCc1ccsc1)C1CC2(c3ccccc3)NC1CCC2OCc1cc(C(F)(F)F)cc(C(F)(F)F)c1. The molecule has 4 nitrogen and oxygen atoms in total. The number of rotatable bonds is 7. The maximum absolute atomic E-state index is 13.4. The molecule has 0 radical (unpaired) electrons. The highest BCUT2D eigenvalue weighted by molar-refractivity contribution is 7.07. The molecule has 1 aromatic heterocycles. The predicted molar refractivity (Wildman–Crippen MR) is 134 cm³/mol. The molecule has 5 rings (SSSR count). The minimum absolute atomic E-state index is 0.107. The lowest BCUT2D eigenvalue weighted by molar-refractivity contribution is -0.143. The van der Waals surface area contributed by atoms with Gasteiger partial charge in [0, 0.05) is 12.6 Å². The fraction of sp³-hybridized carbons (Fsp3) is 0.393. The summed E-state index contributed by atoms with van der Waals surface area (Å²) in [5, 5.41) is 10.4. The average molecular weight is 569 g/mol. The fourth-order valence-electron chi connectivity index (χ4n) is 5.69. The van der Waals surface area contributed by atoms with Crippen LogP contribution in [0.4, 0.5) is 26.3 Å². The molecule has 3 heterocycles. The number of nitrogens with one attached hydrogen (secondary N) is 2. The van der Waals surface area contributed by atoms with Gasteiger partial charge in [-0.05, 0) is 71.0 Å². The summed E-state index contributed by atoms with van der Waals surface area (Å²) in [6, 6.07) is 12.6. The lowest BCUT2D eigenvalue weighted by Gasteiger charge is -2.42. The highest BCUT2D eigenvalue weighted by atomic mass is 32.1. The smallest absolute Gasteiger partial charge is 0.371 e. The van der Waals surface area contributed by atoms with Crippen molar-refractivity contribution in [3.05, 3.63) is 93.2 Å². The van der Waals surface area contributed by atoms with Gasteiger partial charge in [0.15, 0.2) is 0 Å². The molecular weight excluding hydrogens is 542 g/mol. The van der Waals surface area contributed by atoms with Crippen molar-refractivity contribution in [3.63, 3.8) is 0 Å². The molecule has 2 saturated heterocycles. The number of halogens is 6. The van der Waals surface area contributed by atoms with Gasteiger partial charge in [0.25, 0.3) is 0 Å². The standard InChI is InChI=1S/C28H26F6N2O2S/c29-27(30,31)20-10-18(11-21(12-20)28(32,33)34)15-38-24-7-6-23-22(25(37)35-14-17-8-9-39-16-17)13-26(24,36-23)19-4-2-1-3-5-19/h1-5,8-12,16,22-24,36H,6-7,13-15H2,(H,35,37). The summed E-state index contributed by atoms with van der Waals surface area (Å²) in [7, 11) is 0. The first-order valence-electron chi connectivity index (χ1n) is 12.5. The summed E-state index contributed by atoms with van der Waals surface area (Å²) in [6.45, 7) is -0.0332. The molecule has 2 aliphatic heterocycles. The van der Waals surface area contributed by atoms with Gasteiger partial charge < -0.3 is 15.4 Å². The minimum atomic E-state index is -4.93. The number of ether oxygens (including phenoxy) is 1. The molecule has 1 amide bonds. The molecule has 39 heavy (non-hydrogen) atoms. The Morgan fingerprint density at radius 1 is 0.974 bits per heavy atom. The van der Waals surface area contributed by atoms with E-state index in [1.807, 2.05) is 47.2 Å². The van der Waals surface area contributed by atoms with Gasteiger partial charge in [-0.1, -0.05) is 30.3 Å². The van der Waals surface area contributed by atoms with Crippen molar-refractivity contribution < 1.29 is 35.9 Å². The summed E-state index contributed by atoms with van der Waals surface area (Å²) in [5.74, 6) is -0.479. The zero-order valence-corrected chi connectivity index (χ0v) is 21.4. The Morgan fingerprint density at radius 3 is 2.28 bits per heavy atom. The van der Waals surface area contributed by atoms with Crippen LogP contribution in [0.2, 0.25) is 0 Å². The number of carbonyl (C=O) groups excluding carboxylic acids is 1. The molecule has 2 fully saturated rings. The second kappa shape index (κ2) is 10.6. The number of piperidine rings is 1. The van der Waals surface area contributed by atoms with Gasteiger partial charge in [0.2, 0.25) is 5.91 Å². The molecule has 11 heteroatoms. The summed E-state index contributed by atoms with van der Waals surface area (Å²) in [6.07, 6.45) is -8.99. The second-order valence-electron chi connectivity index (χ2n) is 10.0. The van der Waals surface area contributed by atoms with Crippen LogP contribution >= 0.6 is 11.3 Å². The Kier molecular flexibility index (Phi) is 7.51. The summed E-state index contributed by atoms with van der Waals surface area (Å²) < 4.78 is 86.2. The van der Waals surface area contributed by atoms with E-state index in [9.17, 15) is 31.1 Å². The number of amides is 1. The molecule has 4 atom stereocenters. The van der Waals surface area contributed by atoms with E-state index in [0.29, 0.717) is 37.9 Å². The molecular formula is C28H26F6N2O2S. The average Bonchev–Trinajstić information content (AvgIpc) is 3.53. The molecule has 3 aromatic rings. The van der Waals surface area contributed by atoms with E-state index in [2.05, 4.69) is 10.6 Å². The summed E-state index contributed by atoms with van der Waals surface area (Å²) in [4.78, 5) is 13.2. The van der Waals surface area contributed by atoms with Crippen LogP contribution in [0, 0.1) is 5.92 Å². The van der Waals surface area contributed by atoms with Crippen LogP contribution < -0.4 is 10.6 Å². The van der Waals surface area contributed by atoms with Crippen LogP contribution in [0.3, 0.4) is 0 Å². The highest BCUT2D eigenvalue weighted by Gasteiger charge is 2.56. The number of thiophene rings is 1. The Morgan fingerprint density at radius 2 is 1.67 bits per heavy atom. The number of benzene rings is 2. The van der Waals surface area contributed by atoms with Crippen LogP contribution in [0.25, 0.3) is 0 Å². The number of alkyl halides is 6. The maximum Gasteiger partial charge on any atom is 0.416 e. The fourth-order valence-corrected chi connectivity index (χ4v) is 6.36. The Hall–Kier alpha value is -2.89. The third-order valence-electron chi connectivity index (χ3n) is 7.53. The largest absolute Gasteiger partial charge is 0.416 e. The normalized spacial score (nSPS) is 25.0. The molecule has 0 spiro atoms. The van der Waals surface area contributed by atoms with Crippen molar-refractivity contribution in [1.82, 2.24) is 10.6 Å². The molecule has 0 aliphatic carbocycles. The van der Waals surface area contributed by atoms with Gasteiger partial charge in [-0.2, -0.15) is 37.7 Å². The first-order chi connectivity index (χ1) is 18.5. The van der Waals surface area contributed by atoms with Crippen LogP contribution in [-0.4, -0.2) is 18.1 Å². The number of hydrogen-bond acceptors (Lipinski definition) is 4. The van der Waals surface area contributed by atoms with Crippen molar-refractivity contribution in [2.75, 3.05) is 0 Å². The lowest BCUT2D eigenvalue weighted by Crippen LogP contribution is -2.54. The van der Waals surface area contributed by atoms with Crippen molar-refractivity contribution in [1.29, 1.82) is 0 Å². The van der Waals surface area contributed by atoms with Gasteiger partial charge in [0.1, 0.15) is 0 Å². The van der Waals surface area contributed by atoms with Gasteiger partial charge in [-0.25, -0.2) is 0 Å². The Labute approximate surface area is 225 Å². The molecule has 4 unspecified atom stereocenters. The number of hydrogen-bond donors (Lipinski definition) is 2. The number of fused-ring (bicyclic) bond motifs is 2. The molecule has 2 aromatic carbocycles. The quantitative estimate of drug-likeness (QED) is 0.314. The van der Waals surface area contributed by atoms with Crippen molar-refractivity contribution in [3.8, 4) is 0 Å². The first kappa shape index (κ1) is 27.7. The highest BCUT2D eigenvalue weighted by Crippen LogP contribution is 2.48. The zero-order valence-electron chi connectivity index (χ0n) is 20.6. The van der Waals surface area contributed by atoms with E-state index < -0.39 is 41.7 Å². The van der Waals surface area contributed by atoms with Crippen LogP contribution in [0.15, 0.2) is 65.4 Å². The molecule has 0 saturated carbocycles. The summed E-state index contributed by atoms with van der Waals surface area (Å²) in [5.41, 5.74) is -1.93. The van der Waals surface area contributed by atoms with Crippen LogP contribution in [0.1, 0.15) is 47.1 Å². The van der Waals surface area contributed by atoms with Crippen molar-refractivity contribution in [2.24, 2.45) is 5.92 Å². The van der Waals surface area contributed by atoms with Crippen molar-refractivity contribution >= 4 is 17.2 Å². The van der Waals surface area contributed by atoms with E-state index in [-0.39, 0.29) is 29.5 Å². The van der Waals surface area contributed by atoms with E-state index >= 15 is 0 Å². The van der Waals surface area contributed by atoms with Crippen LogP contribution in [-0.2, 0) is 40.6 Å². The van der Waals surface area contributed by atoms with E-state index in [0.717, 1.165) is 11.1 Å². The minimum Gasteiger partial charge on any atom is -0.371 e. The van der Waals surface area contributed by atoms with Gasteiger partial charge in [-0.3, -0.25) is 4.79 Å². The van der Waals surface area contributed by atoms with Crippen LogP contribution in [0.5, 0.6) is 0 Å². The van der Waals surface area contributed by atoms with E-state index in [4.69, 9.17) is 4.74 Å². The molecule has 208 valence electrons. The lowest BCUT2D eigenvalue weighted by atomic mass is 9.80. The van der Waals surface area contributed by atoms with E-state index in [1.54, 1.807) is 0 Å². The monoisotopic (exact) mass is 568 g/mol. The maximum atomic E-state index is 13.4. The third-order valence-corrected chi connectivity index (χ3v) is 8.26. The first-order valence-corrected chi connectivity index (χ1v) is 13.4. The molecule has 2 N–H and O–H groups in total. The van der Waals surface area contributed by atoms with Gasteiger partial charge in [-0.15, -0.1) is 0 Å². The zero-order chi connectivity index (χ0) is 27.8. The Bertz CT molecular complexity index is 1260. The van der Waals surface area contributed by atoms with Gasteiger partial charge in [0.05, 0.1) is 35.3 Å². The predicted octanol–water partition coefficient (Wildman–Crippen LogP) is 6.65. The van der Waals surface area contributed by atoms with E-state index in [1.165, 1.54) is 11.3 Å². The Balaban J connectivity index is 1.39. The third kappa shape index (κ3) is 5.85. The molecule has 2 bridgehead atoms. The molecule has 2 aliphatic rings. The summed E-state index contributed by atoms with van der Waals surface area (Å²) >= 11 is 1.54. The number of carbonyl (C=O) groups is 1. The topological polar surface area (TPSA) is 50.4 Å². The second-order valence-corrected chi connectivity index (χ2v) is 10.8.